The largest absolute Gasteiger partial charge is 0.481 e. The average Bonchev–Trinajstić information content (AvgIpc) is 2.48. The summed E-state index contributed by atoms with van der Waals surface area (Å²) in [5.41, 5.74) is 7.54. The first kappa shape index (κ1) is 13.9. The maximum absolute atomic E-state index is 12.2. The van der Waals surface area contributed by atoms with E-state index in [0.717, 1.165) is 0 Å². The van der Waals surface area contributed by atoms with E-state index in [2.05, 4.69) is 0 Å². The molecule has 0 spiro atoms. The van der Waals surface area contributed by atoms with Gasteiger partial charge in [-0.15, -0.1) is 0 Å². The fraction of sp³-hybridized carbons (Fsp3) is 0.0588. The molecule has 22 heavy (non-hydrogen) atoms. The van der Waals surface area contributed by atoms with Gasteiger partial charge in [0.1, 0.15) is 11.3 Å². The molecule has 1 aromatic heterocycles. The lowest BCUT2D eigenvalue weighted by Gasteiger charge is -2.06. The molecule has 2 aromatic carbocycles. The van der Waals surface area contributed by atoms with Crippen LogP contribution in [0.4, 0.5) is 5.69 Å². The predicted molar refractivity (Wildman–Crippen MR) is 83.7 cm³/mol. The maximum atomic E-state index is 12.2. The van der Waals surface area contributed by atoms with Gasteiger partial charge in [-0.3, -0.25) is 9.59 Å². The van der Waals surface area contributed by atoms with Crippen molar-refractivity contribution in [2.75, 3.05) is 5.73 Å². The summed E-state index contributed by atoms with van der Waals surface area (Å²) in [6, 6.07) is 13.2. The molecule has 3 N–H and O–H groups in total. The normalized spacial score (nSPS) is 10.7. The molecular weight excluding hydrogens is 282 g/mol. The zero-order valence-electron chi connectivity index (χ0n) is 11.6. The zero-order valence-corrected chi connectivity index (χ0v) is 11.6. The molecule has 0 aliphatic rings. The molecule has 0 bridgehead atoms. The van der Waals surface area contributed by atoms with Gasteiger partial charge < -0.3 is 15.3 Å². The molecule has 110 valence electrons. The van der Waals surface area contributed by atoms with E-state index in [1.165, 1.54) is 6.07 Å². The maximum Gasteiger partial charge on any atom is 0.307 e. The lowest BCUT2D eigenvalue weighted by molar-refractivity contribution is -0.136. The Morgan fingerprint density at radius 1 is 1.14 bits per heavy atom. The van der Waals surface area contributed by atoms with Gasteiger partial charge in [0.2, 0.25) is 0 Å². The number of carboxylic acid groups (broad SMARTS) is 1. The lowest BCUT2D eigenvalue weighted by atomic mass is 10.1. The van der Waals surface area contributed by atoms with E-state index >= 15 is 0 Å². The molecule has 5 heteroatoms. The predicted octanol–water partition coefficient (Wildman–Crippen LogP) is 2.67. The van der Waals surface area contributed by atoms with Crippen molar-refractivity contribution in [2.24, 2.45) is 0 Å². The van der Waals surface area contributed by atoms with Crippen LogP contribution < -0.4 is 11.2 Å². The Kier molecular flexibility index (Phi) is 3.39. The monoisotopic (exact) mass is 295 g/mol. The summed E-state index contributed by atoms with van der Waals surface area (Å²) in [5.74, 6) is -0.594. The fourth-order valence-corrected chi connectivity index (χ4v) is 2.33. The number of hydrogen-bond donors (Lipinski definition) is 2. The van der Waals surface area contributed by atoms with Gasteiger partial charge in [0, 0.05) is 22.9 Å². The summed E-state index contributed by atoms with van der Waals surface area (Å²) in [4.78, 5) is 23.2. The SMILES string of the molecule is Nc1ccc(-c2cc(=O)c3cccc(CC(=O)O)c3o2)cc1. The number of carboxylic acids is 1. The Morgan fingerprint density at radius 3 is 2.55 bits per heavy atom. The van der Waals surface area contributed by atoms with Crippen molar-refractivity contribution < 1.29 is 14.3 Å². The summed E-state index contributed by atoms with van der Waals surface area (Å²) < 4.78 is 5.80. The van der Waals surface area contributed by atoms with Gasteiger partial charge in [-0.25, -0.2) is 0 Å². The Hall–Kier alpha value is -3.08. The molecule has 5 nitrogen and oxygen atoms in total. The third-order valence-electron chi connectivity index (χ3n) is 3.37. The number of hydrogen-bond acceptors (Lipinski definition) is 4. The number of nitrogen functional groups attached to an aromatic ring is 1. The fourth-order valence-electron chi connectivity index (χ4n) is 2.33. The smallest absolute Gasteiger partial charge is 0.307 e. The lowest BCUT2D eigenvalue weighted by Crippen LogP contribution is -2.05. The van der Waals surface area contributed by atoms with Crippen LogP contribution in [0.1, 0.15) is 5.56 Å². The third-order valence-corrected chi connectivity index (χ3v) is 3.37. The number of nitrogens with two attached hydrogens (primary N) is 1. The number of anilines is 1. The highest BCUT2D eigenvalue weighted by molar-refractivity contribution is 5.85. The molecule has 1 heterocycles. The Morgan fingerprint density at radius 2 is 1.86 bits per heavy atom. The van der Waals surface area contributed by atoms with E-state index in [0.29, 0.717) is 33.5 Å². The Labute approximate surface area is 125 Å². The van der Waals surface area contributed by atoms with Crippen molar-refractivity contribution in [3.05, 3.63) is 64.3 Å². The minimum atomic E-state index is -0.979. The van der Waals surface area contributed by atoms with Gasteiger partial charge in [0.15, 0.2) is 5.43 Å². The Balaban J connectivity index is 2.23. The van der Waals surface area contributed by atoms with Crippen LogP contribution in [0.2, 0.25) is 0 Å². The molecule has 3 rings (SSSR count). The van der Waals surface area contributed by atoms with Crippen molar-refractivity contribution in [3.63, 3.8) is 0 Å². The summed E-state index contributed by atoms with van der Waals surface area (Å²) in [7, 11) is 0. The number of para-hydroxylation sites is 1. The summed E-state index contributed by atoms with van der Waals surface area (Å²) in [5, 5.41) is 9.35. The molecule has 0 fully saturated rings. The highest BCUT2D eigenvalue weighted by atomic mass is 16.4. The number of rotatable bonds is 3. The molecule has 0 amide bonds. The minimum Gasteiger partial charge on any atom is -0.481 e. The van der Waals surface area contributed by atoms with E-state index in [9.17, 15) is 9.59 Å². The second-order valence-corrected chi connectivity index (χ2v) is 4.96. The first-order chi connectivity index (χ1) is 10.5. The van der Waals surface area contributed by atoms with Gasteiger partial charge in [-0.2, -0.15) is 0 Å². The highest BCUT2D eigenvalue weighted by Crippen LogP contribution is 2.25. The van der Waals surface area contributed by atoms with Crippen molar-refractivity contribution in [2.45, 2.75) is 6.42 Å². The van der Waals surface area contributed by atoms with E-state index in [-0.39, 0.29) is 11.8 Å². The van der Waals surface area contributed by atoms with E-state index in [1.54, 1.807) is 42.5 Å². The van der Waals surface area contributed by atoms with Crippen LogP contribution >= 0.6 is 0 Å². The standard InChI is InChI=1S/C17H13NO4/c18-12-6-4-10(5-7-12)15-9-14(19)13-3-1-2-11(8-16(20)21)17(13)22-15/h1-7,9H,8,18H2,(H,20,21). The molecule has 0 atom stereocenters. The van der Waals surface area contributed by atoms with Crippen LogP contribution in [0.15, 0.2) is 57.7 Å². The highest BCUT2D eigenvalue weighted by Gasteiger charge is 2.12. The number of aliphatic carboxylic acids is 1. The summed E-state index contributed by atoms with van der Waals surface area (Å²) in [6.45, 7) is 0. The van der Waals surface area contributed by atoms with Gasteiger partial charge in [-0.1, -0.05) is 12.1 Å². The molecule has 0 radical (unpaired) electrons. The molecular formula is C17H13NO4. The second kappa shape index (κ2) is 5.37. The van der Waals surface area contributed by atoms with Gasteiger partial charge in [0.25, 0.3) is 0 Å². The molecule has 3 aromatic rings. The van der Waals surface area contributed by atoms with E-state index in [1.807, 2.05) is 0 Å². The van der Waals surface area contributed by atoms with Crippen molar-refractivity contribution in [1.82, 2.24) is 0 Å². The van der Waals surface area contributed by atoms with Crippen LogP contribution in [0.3, 0.4) is 0 Å². The molecule has 0 aliphatic heterocycles. The van der Waals surface area contributed by atoms with E-state index < -0.39 is 5.97 Å². The topological polar surface area (TPSA) is 93.5 Å². The van der Waals surface area contributed by atoms with E-state index in [4.69, 9.17) is 15.3 Å². The number of benzene rings is 2. The van der Waals surface area contributed by atoms with Crippen molar-refractivity contribution >= 4 is 22.6 Å². The molecule has 0 aliphatic carbocycles. The summed E-state index contributed by atoms with van der Waals surface area (Å²) >= 11 is 0. The van der Waals surface area contributed by atoms with Crippen molar-refractivity contribution in [3.8, 4) is 11.3 Å². The van der Waals surface area contributed by atoms with Crippen molar-refractivity contribution in [1.29, 1.82) is 0 Å². The first-order valence-electron chi connectivity index (χ1n) is 6.68. The third kappa shape index (κ3) is 2.56. The van der Waals surface area contributed by atoms with Crippen LogP contribution in [0, 0.1) is 0 Å². The zero-order chi connectivity index (χ0) is 15.7. The number of carbonyl (C=O) groups is 1. The second-order valence-electron chi connectivity index (χ2n) is 4.96. The first-order valence-corrected chi connectivity index (χ1v) is 6.68. The summed E-state index contributed by atoms with van der Waals surface area (Å²) in [6.07, 6.45) is -0.203. The minimum absolute atomic E-state index is 0.203. The van der Waals surface area contributed by atoms with Crippen LogP contribution in [-0.4, -0.2) is 11.1 Å². The molecule has 0 unspecified atom stereocenters. The van der Waals surface area contributed by atoms with Gasteiger partial charge >= 0.3 is 5.97 Å². The van der Waals surface area contributed by atoms with Gasteiger partial charge in [0.05, 0.1) is 11.8 Å². The number of fused-ring (bicyclic) bond motifs is 1. The van der Waals surface area contributed by atoms with Crippen LogP contribution in [0.25, 0.3) is 22.3 Å². The average molecular weight is 295 g/mol. The quantitative estimate of drug-likeness (QED) is 0.724. The Bertz CT molecular complexity index is 910. The molecule has 0 saturated carbocycles. The molecule has 0 saturated heterocycles. The van der Waals surface area contributed by atoms with Crippen LogP contribution in [0.5, 0.6) is 0 Å². The van der Waals surface area contributed by atoms with Gasteiger partial charge in [-0.05, 0) is 30.3 Å². The van der Waals surface area contributed by atoms with Crippen LogP contribution in [-0.2, 0) is 11.2 Å².